The average molecular weight is 519 g/mol. The van der Waals surface area contributed by atoms with Crippen LogP contribution in [-0.2, 0) is 14.3 Å². The van der Waals surface area contributed by atoms with Gasteiger partial charge in [-0.2, -0.15) is 0 Å². The van der Waals surface area contributed by atoms with Gasteiger partial charge in [0.2, 0.25) is 11.8 Å². The number of nitrogens with zero attached hydrogens (tertiary/aromatic N) is 3. The second-order valence-electron chi connectivity index (χ2n) is 8.37. The van der Waals surface area contributed by atoms with Crippen LogP contribution >= 0.6 is 11.8 Å². The zero-order valence-electron chi connectivity index (χ0n) is 19.9. The maximum absolute atomic E-state index is 13.9. The van der Waals surface area contributed by atoms with E-state index in [4.69, 9.17) is 9.47 Å². The van der Waals surface area contributed by atoms with Crippen LogP contribution in [0.15, 0.2) is 47.5 Å². The van der Waals surface area contributed by atoms with Crippen LogP contribution < -0.4 is 10.1 Å². The fourth-order valence-corrected chi connectivity index (χ4v) is 5.12. The third kappa shape index (κ3) is 6.80. The van der Waals surface area contributed by atoms with E-state index in [0.29, 0.717) is 42.4 Å². The van der Waals surface area contributed by atoms with Gasteiger partial charge in [-0.05, 0) is 42.8 Å². The first kappa shape index (κ1) is 26.1. The molecule has 0 bridgehead atoms. The van der Waals surface area contributed by atoms with Crippen molar-refractivity contribution >= 4 is 40.1 Å². The Hall–Kier alpha value is -3.02. The van der Waals surface area contributed by atoms with Gasteiger partial charge in [-0.15, -0.1) is 0 Å². The molecular formula is C25H28F2N4O4S. The van der Waals surface area contributed by atoms with Crippen LogP contribution in [0.4, 0.5) is 20.2 Å². The fourth-order valence-electron chi connectivity index (χ4n) is 3.94. The average Bonchev–Trinajstić information content (AvgIpc) is 3.15. The molecule has 0 aliphatic carbocycles. The summed E-state index contributed by atoms with van der Waals surface area (Å²) in [7, 11) is 1.58. The molecule has 2 aliphatic rings. The summed E-state index contributed by atoms with van der Waals surface area (Å²) in [5, 5.41) is 2.24. The zero-order valence-corrected chi connectivity index (χ0v) is 20.7. The van der Waals surface area contributed by atoms with Crippen molar-refractivity contribution in [2.24, 2.45) is 4.99 Å². The highest BCUT2D eigenvalue weighted by Crippen LogP contribution is 2.32. The Labute approximate surface area is 212 Å². The number of hydrogen-bond donors (Lipinski definition) is 1. The standard InChI is InChI=1S/C25H28F2N4O4S/c1-34-19-6-4-18(5-7-19)28-25-31(10-2-9-30-11-13-35-14-12-30)24(33)22(36-25)16-23(32)29-21-8-3-17(26)15-20(21)27/h3-8,15,22H,2,9-14,16H2,1H3,(H,29,32)/t22-/m1/s1. The van der Waals surface area contributed by atoms with Crippen molar-refractivity contribution < 1.29 is 27.8 Å². The van der Waals surface area contributed by atoms with E-state index in [0.717, 1.165) is 38.2 Å². The lowest BCUT2D eigenvalue weighted by Gasteiger charge is -2.27. The molecule has 0 radical (unpaired) electrons. The molecule has 4 rings (SSSR count). The molecule has 2 amide bonds. The molecule has 1 N–H and O–H groups in total. The number of thioether (sulfide) groups is 1. The molecule has 2 fully saturated rings. The molecule has 2 saturated heterocycles. The van der Waals surface area contributed by atoms with Crippen LogP contribution in [0.1, 0.15) is 12.8 Å². The Bertz CT molecular complexity index is 1110. The summed E-state index contributed by atoms with van der Waals surface area (Å²) in [5.74, 6) is -1.67. The number of carbonyl (C=O) groups is 2. The third-order valence-electron chi connectivity index (χ3n) is 5.85. The third-order valence-corrected chi connectivity index (χ3v) is 7.03. The number of nitrogens with one attached hydrogen (secondary N) is 1. The molecule has 2 heterocycles. The Morgan fingerprint density at radius 2 is 1.92 bits per heavy atom. The van der Waals surface area contributed by atoms with Crippen LogP contribution in [0.25, 0.3) is 0 Å². The minimum atomic E-state index is -0.875. The molecule has 2 aromatic carbocycles. The van der Waals surface area contributed by atoms with Crippen LogP contribution in [-0.4, -0.2) is 78.5 Å². The number of amides is 2. The Morgan fingerprint density at radius 1 is 1.17 bits per heavy atom. The predicted molar refractivity (Wildman–Crippen MR) is 135 cm³/mol. The van der Waals surface area contributed by atoms with Gasteiger partial charge in [0.05, 0.1) is 31.7 Å². The summed E-state index contributed by atoms with van der Waals surface area (Å²) in [4.78, 5) is 34.4. The Morgan fingerprint density at radius 3 is 2.61 bits per heavy atom. The minimum Gasteiger partial charge on any atom is -0.497 e. The Kier molecular flexibility index (Phi) is 8.89. The van der Waals surface area contributed by atoms with Crippen LogP contribution in [0.5, 0.6) is 5.75 Å². The van der Waals surface area contributed by atoms with E-state index in [9.17, 15) is 18.4 Å². The molecule has 0 saturated carbocycles. The summed E-state index contributed by atoms with van der Waals surface area (Å²) in [5.41, 5.74) is 0.522. The van der Waals surface area contributed by atoms with Gasteiger partial charge in [-0.1, -0.05) is 11.8 Å². The van der Waals surface area contributed by atoms with E-state index in [1.807, 2.05) is 0 Å². The van der Waals surface area contributed by atoms with E-state index in [1.54, 1.807) is 36.3 Å². The summed E-state index contributed by atoms with van der Waals surface area (Å²) in [6.45, 7) is 4.41. The van der Waals surface area contributed by atoms with Crippen molar-refractivity contribution in [2.75, 3.05) is 51.8 Å². The maximum atomic E-state index is 13.9. The monoisotopic (exact) mass is 518 g/mol. The van der Waals surface area contributed by atoms with Gasteiger partial charge in [-0.3, -0.25) is 19.4 Å². The number of hydrogen-bond acceptors (Lipinski definition) is 7. The number of anilines is 1. The van der Waals surface area contributed by atoms with Crippen LogP contribution in [0.3, 0.4) is 0 Å². The first-order valence-corrected chi connectivity index (χ1v) is 12.6. The highest BCUT2D eigenvalue weighted by molar-refractivity contribution is 8.15. The molecule has 0 spiro atoms. The number of methoxy groups -OCH3 is 1. The largest absolute Gasteiger partial charge is 0.497 e. The lowest BCUT2D eigenvalue weighted by molar-refractivity contribution is -0.128. The van der Waals surface area contributed by atoms with Gasteiger partial charge in [-0.25, -0.2) is 13.8 Å². The topological polar surface area (TPSA) is 83.5 Å². The lowest BCUT2D eigenvalue weighted by Crippen LogP contribution is -2.39. The van der Waals surface area contributed by atoms with Gasteiger partial charge in [0, 0.05) is 38.7 Å². The minimum absolute atomic E-state index is 0.133. The molecule has 36 heavy (non-hydrogen) atoms. The second kappa shape index (κ2) is 12.3. The van der Waals surface area contributed by atoms with E-state index in [2.05, 4.69) is 15.2 Å². The van der Waals surface area contributed by atoms with E-state index >= 15 is 0 Å². The number of ether oxygens (including phenoxy) is 2. The number of morpholine rings is 1. The highest BCUT2D eigenvalue weighted by atomic mass is 32.2. The lowest BCUT2D eigenvalue weighted by atomic mass is 10.2. The van der Waals surface area contributed by atoms with Crippen LogP contribution in [0, 0.1) is 11.6 Å². The number of carbonyl (C=O) groups excluding carboxylic acids is 2. The van der Waals surface area contributed by atoms with Gasteiger partial charge in [0.15, 0.2) is 5.17 Å². The molecule has 1 atom stereocenters. The van der Waals surface area contributed by atoms with Crippen LogP contribution in [0.2, 0.25) is 0 Å². The van der Waals surface area contributed by atoms with Crippen molar-refractivity contribution in [1.29, 1.82) is 0 Å². The molecule has 0 unspecified atom stereocenters. The molecule has 0 aromatic heterocycles. The molecule has 2 aromatic rings. The van der Waals surface area contributed by atoms with Crippen molar-refractivity contribution in [1.82, 2.24) is 9.80 Å². The number of halogens is 2. The molecule has 8 nitrogen and oxygen atoms in total. The quantitative estimate of drug-likeness (QED) is 0.546. The smallest absolute Gasteiger partial charge is 0.242 e. The fraction of sp³-hybridized carbons (Fsp3) is 0.400. The molecule has 192 valence electrons. The number of rotatable bonds is 9. The van der Waals surface area contributed by atoms with Gasteiger partial charge in [0.25, 0.3) is 0 Å². The van der Waals surface area contributed by atoms with Crippen molar-refractivity contribution in [3.8, 4) is 5.75 Å². The molecule has 2 aliphatic heterocycles. The van der Waals surface area contributed by atoms with Gasteiger partial charge < -0.3 is 14.8 Å². The number of amidine groups is 1. The van der Waals surface area contributed by atoms with E-state index in [-0.39, 0.29) is 18.0 Å². The summed E-state index contributed by atoms with van der Waals surface area (Å²) < 4.78 is 37.7. The van der Waals surface area contributed by atoms with Crippen molar-refractivity contribution in [3.63, 3.8) is 0 Å². The SMILES string of the molecule is COc1ccc(N=C2S[C@H](CC(=O)Nc3ccc(F)cc3F)C(=O)N2CCCN2CCOCC2)cc1. The highest BCUT2D eigenvalue weighted by Gasteiger charge is 2.39. The summed E-state index contributed by atoms with van der Waals surface area (Å²) in [6, 6.07) is 10.1. The first-order chi connectivity index (χ1) is 17.4. The van der Waals surface area contributed by atoms with E-state index in [1.165, 1.54) is 11.8 Å². The van der Waals surface area contributed by atoms with Crippen molar-refractivity contribution in [3.05, 3.63) is 54.1 Å². The summed E-state index contributed by atoms with van der Waals surface area (Å²) in [6.07, 6.45) is 0.579. The normalized spacial score (nSPS) is 19.6. The van der Waals surface area contributed by atoms with Crippen molar-refractivity contribution in [2.45, 2.75) is 18.1 Å². The summed E-state index contributed by atoms with van der Waals surface area (Å²) >= 11 is 1.21. The zero-order chi connectivity index (χ0) is 25.5. The first-order valence-electron chi connectivity index (χ1n) is 11.7. The molecular weight excluding hydrogens is 490 g/mol. The number of benzene rings is 2. The second-order valence-corrected chi connectivity index (χ2v) is 9.54. The molecule has 11 heteroatoms. The Balaban J connectivity index is 1.44. The number of aliphatic imine (C=N–C) groups is 1. The predicted octanol–water partition coefficient (Wildman–Crippen LogP) is 3.66. The maximum Gasteiger partial charge on any atom is 0.242 e. The van der Waals surface area contributed by atoms with Gasteiger partial charge >= 0.3 is 0 Å². The van der Waals surface area contributed by atoms with Gasteiger partial charge in [0.1, 0.15) is 22.6 Å². The van der Waals surface area contributed by atoms with E-state index < -0.39 is 22.8 Å².